The third-order valence-electron chi connectivity index (χ3n) is 2.10. The van der Waals surface area contributed by atoms with Crippen LogP contribution in [0.1, 0.15) is 5.82 Å². The predicted molar refractivity (Wildman–Crippen MR) is 53.6 cm³/mol. The Bertz CT molecular complexity index is 577. The van der Waals surface area contributed by atoms with Crippen molar-refractivity contribution in [3.05, 3.63) is 34.1 Å². The summed E-state index contributed by atoms with van der Waals surface area (Å²) in [5, 5.41) is 0.318. The fourth-order valence-electron chi connectivity index (χ4n) is 1.41. The number of methoxy groups -OCH3 is 1. The van der Waals surface area contributed by atoms with E-state index < -0.39 is 5.82 Å². The molecule has 5 heteroatoms. The zero-order valence-corrected chi connectivity index (χ0v) is 8.30. The number of nitrogens with one attached hydrogen (secondary N) is 1. The van der Waals surface area contributed by atoms with Gasteiger partial charge in [-0.3, -0.25) is 4.79 Å². The van der Waals surface area contributed by atoms with E-state index in [0.717, 1.165) is 0 Å². The summed E-state index contributed by atoms with van der Waals surface area (Å²) in [5.41, 5.74) is 0.0327. The number of rotatable bonds is 1. The largest absolute Gasteiger partial charge is 0.494 e. The number of aryl methyl sites for hydroxylation is 1. The second-order valence-corrected chi connectivity index (χ2v) is 3.16. The first-order valence-electron chi connectivity index (χ1n) is 4.36. The number of aromatic nitrogens is 2. The van der Waals surface area contributed by atoms with E-state index in [1.54, 1.807) is 6.92 Å². The minimum absolute atomic E-state index is 0.0404. The summed E-state index contributed by atoms with van der Waals surface area (Å²) in [4.78, 5) is 18.1. The van der Waals surface area contributed by atoms with Gasteiger partial charge in [-0.25, -0.2) is 9.37 Å². The number of benzene rings is 1. The van der Waals surface area contributed by atoms with Crippen molar-refractivity contribution in [2.75, 3.05) is 7.11 Å². The minimum Gasteiger partial charge on any atom is -0.494 e. The van der Waals surface area contributed by atoms with Crippen molar-refractivity contribution in [3.63, 3.8) is 0 Å². The van der Waals surface area contributed by atoms with Gasteiger partial charge in [-0.15, -0.1) is 0 Å². The fraction of sp³-hybridized carbons (Fsp3) is 0.200. The molecule has 1 heterocycles. The third-order valence-corrected chi connectivity index (χ3v) is 2.10. The van der Waals surface area contributed by atoms with E-state index in [2.05, 4.69) is 9.97 Å². The molecule has 0 amide bonds. The number of hydrogen-bond donors (Lipinski definition) is 1. The lowest BCUT2D eigenvalue weighted by Gasteiger charge is -2.03. The predicted octanol–water partition coefficient (Wildman–Crippen LogP) is 1.38. The first-order valence-corrected chi connectivity index (χ1v) is 4.36. The standard InChI is InChI=1S/C10H9FN2O2/c1-5-12-8-4-7(11)9(15-2)3-6(8)10(14)13-5/h3-4H,1-2H3,(H,12,13,14). The van der Waals surface area contributed by atoms with Crippen LogP contribution in [0.2, 0.25) is 0 Å². The molecule has 0 saturated heterocycles. The van der Waals surface area contributed by atoms with E-state index in [0.29, 0.717) is 16.7 Å². The van der Waals surface area contributed by atoms with Gasteiger partial charge in [0.2, 0.25) is 0 Å². The maximum atomic E-state index is 13.3. The van der Waals surface area contributed by atoms with Crippen LogP contribution in [-0.4, -0.2) is 17.1 Å². The summed E-state index contributed by atoms with van der Waals surface area (Å²) < 4.78 is 18.1. The number of ether oxygens (including phenoxy) is 1. The van der Waals surface area contributed by atoms with Crippen molar-refractivity contribution < 1.29 is 9.13 Å². The minimum atomic E-state index is -0.525. The Morgan fingerprint density at radius 1 is 1.47 bits per heavy atom. The van der Waals surface area contributed by atoms with Crippen LogP contribution in [0.4, 0.5) is 4.39 Å². The monoisotopic (exact) mass is 208 g/mol. The van der Waals surface area contributed by atoms with Gasteiger partial charge in [-0.1, -0.05) is 0 Å². The fourth-order valence-corrected chi connectivity index (χ4v) is 1.41. The second kappa shape index (κ2) is 3.34. The number of H-pyrrole nitrogens is 1. The summed E-state index contributed by atoms with van der Waals surface area (Å²) in [6.07, 6.45) is 0. The Morgan fingerprint density at radius 2 is 2.20 bits per heavy atom. The van der Waals surface area contributed by atoms with Gasteiger partial charge >= 0.3 is 0 Å². The molecule has 78 valence electrons. The quantitative estimate of drug-likeness (QED) is 0.770. The van der Waals surface area contributed by atoms with Crippen LogP contribution < -0.4 is 10.3 Å². The van der Waals surface area contributed by atoms with Crippen molar-refractivity contribution in [3.8, 4) is 5.75 Å². The molecular formula is C10H9FN2O2. The van der Waals surface area contributed by atoms with E-state index in [1.165, 1.54) is 19.2 Å². The summed E-state index contributed by atoms with van der Waals surface area (Å²) in [7, 11) is 1.35. The molecule has 0 saturated carbocycles. The molecule has 0 bridgehead atoms. The van der Waals surface area contributed by atoms with Gasteiger partial charge in [-0.2, -0.15) is 0 Å². The van der Waals surface area contributed by atoms with Gasteiger partial charge in [0.05, 0.1) is 18.0 Å². The maximum Gasteiger partial charge on any atom is 0.258 e. The summed E-state index contributed by atoms with van der Waals surface area (Å²) in [6, 6.07) is 2.53. The van der Waals surface area contributed by atoms with Crippen molar-refractivity contribution in [1.82, 2.24) is 9.97 Å². The zero-order valence-electron chi connectivity index (χ0n) is 8.30. The van der Waals surface area contributed by atoms with Crippen molar-refractivity contribution in [1.29, 1.82) is 0 Å². The van der Waals surface area contributed by atoms with Crippen LogP contribution in [0, 0.1) is 12.7 Å². The van der Waals surface area contributed by atoms with E-state index in [-0.39, 0.29) is 11.3 Å². The van der Waals surface area contributed by atoms with Gasteiger partial charge in [0.15, 0.2) is 11.6 Å². The smallest absolute Gasteiger partial charge is 0.258 e. The van der Waals surface area contributed by atoms with Crippen LogP contribution in [-0.2, 0) is 0 Å². The van der Waals surface area contributed by atoms with Crippen molar-refractivity contribution >= 4 is 10.9 Å². The van der Waals surface area contributed by atoms with Crippen molar-refractivity contribution in [2.45, 2.75) is 6.92 Å². The molecule has 0 fully saturated rings. The lowest BCUT2D eigenvalue weighted by Crippen LogP contribution is -2.10. The zero-order chi connectivity index (χ0) is 11.0. The number of hydrogen-bond acceptors (Lipinski definition) is 3. The highest BCUT2D eigenvalue weighted by atomic mass is 19.1. The molecule has 2 rings (SSSR count). The highest BCUT2D eigenvalue weighted by molar-refractivity contribution is 5.79. The summed E-state index contributed by atoms with van der Waals surface area (Å²) in [6.45, 7) is 1.64. The maximum absolute atomic E-state index is 13.3. The SMILES string of the molecule is COc1cc2c(=O)[nH]c(C)nc2cc1F. The molecule has 0 aliphatic rings. The molecule has 0 aliphatic carbocycles. The average molecular weight is 208 g/mol. The third kappa shape index (κ3) is 1.56. The van der Waals surface area contributed by atoms with Crippen LogP contribution in [0.25, 0.3) is 10.9 Å². The van der Waals surface area contributed by atoms with E-state index in [9.17, 15) is 9.18 Å². The van der Waals surface area contributed by atoms with Gasteiger partial charge in [0, 0.05) is 6.07 Å². The Balaban J connectivity index is 2.87. The van der Waals surface area contributed by atoms with Gasteiger partial charge in [0.1, 0.15) is 5.82 Å². The number of aromatic amines is 1. The molecular weight excluding hydrogens is 199 g/mol. The second-order valence-electron chi connectivity index (χ2n) is 3.16. The Hall–Kier alpha value is -1.91. The van der Waals surface area contributed by atoms with Crippen LogP contribution in [0.3, 0.4) is 0 Å². The van der Waals surface area contributed by atoms with Crippen LogP contribution in [0.15, 0.2) is 16.9 Å². The highest BCUT2D eigenvalue weighted by Crippen LogP contribution is 2.20. The molecule has 4 nitrogen and oxygen atoms in total. The molecule has 15 heavy (non-hydrogen) atoms. The number of nitrogens with zero attached hydrogens (tertiary/aromatic N) is 1. The first kappa shape index (κ1) is 9.64. The Morgan fingerprint density at radius 3 is 2.87 bits per heavy atom. The normalized spacial score (nSPS) is 10.6. The number of fused-ring (bicyclic) bond motifs is 1. The Kier molecular flexibility index (Phi) is 2.15. The average Bonchev–Trinajstić information content (AvgIpc) is 2.16. The topological polar surface area (TPSA) is 55.0 Å². The Labute approximate surface area is 84.7 Å². The lowest BCUT2D eigenvalue weighted by molar-refractivity contribution is 0.387. The molecule has 0 unspecified atom stereocenters. The number of halogens is 1. The molecule has 1 N–H and O–H groups in total. The van der Waals surface area contributed by atoms with Gasteiger partial charge in [-0.05, 0) is 13.0 Å². The van der Waals surface area contributed by atoms with Gasteiger partial charge < -0.3 is 9.72 Å². The molecule has 1 aromatic heterocycles. The van der Waals surface area contributed by atoms with Crippen LogP contribution >= 0.6 is 0 Å². The molecule has 1 aromatic carbocycles. The first-order chi connectivity index (χ1) is 7.11. The van der Waals surface area contributed by atoms with E-state index in [4.69, 9.17) is 4.74 Å². The van der Waals surface area contributed by atoms with Crippen molar-refractivity contribution in [2.24, 2.45) is 0 Å². The highest BCUT2D eigenvalue weighted by Gasteiger charge is 2.08. The van der Waals surface area contributed by atoms with Crippen LogP contribution in [0.5, 0.6) is 5.75 Å². The molecule has 2 aromatic rings. The molecule has 0 atom stereocenters. The van der Waals surface area contributed by atoms with E-state index in [1.807, 2.05) is 0 Å². The summed E-state index contributed by atoms with van der Waals surface area (Å²) in [5.74, 6) is -0.0294. The molecule has 0 radical (unpaired) electrons. The lowest BCUT2D eigenvalue weighted by atomic mass is 10.2. The van der Waals surface area contributed by atoms with E-state index >= 15 is 0 Å². The molecule has 0 spiro atoms. The summed E-state index contributed by atoms with van der Waals surface area (Å²) >= 11 is 0. The molecule has 0 aliphatic heterocycles. The van der Waals surface area contributed by atoms with Gasteiger partial charge in [0.25, 0.3) is 5.56 Å².